The molecule has 0 aliphatic carbocycles. The standard InChI is InChI=1S/C19H20N2O2S/c1-14(18-8-4-10-24-18)20-12-15-5-2-6-16(11-15)19(22)21-13-17-7-3-9-23-17/h2-11,14,20H,12-13H2,1H3,(H,21,22). The molecule has 1 unspecified atom stereocenters. The van der Waals surface area contributed by atoms with Crippen LogP contribution >= 0.6 is 11.3 Å². The van der Waals surface area contributed by atoms with E-state index in [0.717, 1.165) is 17.9 Å². The zero-order valence-electron chi connectivity index (χ0n) is 13.5. The third kappa shape index (κ3) is 4.34. The number of benzene rings is 1. The van der Waals surface area contributed by atoms with Gasteiger partial charge in [-0.2, -0.15) is 0 Å². The van der Waals surface area contributed by atoms with Crippen LogP contribution in [-0.4, -0.2) is 5.91 Å². The van der Waals surface area contributed by atoms with Crippen molar-refractivity contribution in [2.24, 2.45) is 0 Å². The molecule has 3 aromatic rings. The van der Waals surface area contributed by atoms with Gasteiger partial charge in [-0.05, 0) is 48.2 Å². The Hall–Kier alpha value is -2.37. The van der Waals surface area contributed by atoms with Gasteiger partial charge >= 0.3 is 0 Å². The zero-order valence-corrected chi connectivity index (χ0v) is 14.3. The highest BCUT2D eigenvalue weighted by Crippen LogP contribution is 2.18. The van der Waals surface area contributed by atoms with Crippen molar-refractivity contribution in [2.45, 2.75) is 26.1 Å². The molecule has 0 fully saturated rings. The van der Waals surface area contributed by atoms with Gasteiger partial charge in [-0.1, -0.05) is 18.2 Å². The molecule has 0 aliphatic heterocycles. The van der Waals surface area contributed by atoms with Crippen molar-refractivity contribution >= 4 is 17.2 Å². The van der Waals surface area contributed by atoms with E-state index in [9.17, 15) is 4.79 Å². The fraction of sp³-hybridized carbons (Fsp3) is 0.211. The molecule has 1 atom stereocenters. The largest absolute Gasteiger partial charge is 0.467 e. The van der Waals surface area contributed by atoms with Crippen molar-refractivity contribution in [3.8, 4) is 0 Å². The summed E-state index contributed by atoms with van der Waals surface area (Å²) < 4.78 is 5.22. The lowest BCUT2D eigenvalue weighted by atomic mass is 10.1. The summed E-state index contributed by atoms with van der Waals surface area (Å²) in [6.45, 7) is 3.26. The van der Waals surface area contributed by atoms with Crippen molar-refractivity contribution in [1.29, 1.82) is 0 Å². The lowest BCUT2D eigenvalue weighted by Crippen LogP contribution is -2.23. The molecule has 0 radical (unpaired) electrons. The van der Waals surface area contributed by atoms with Gasteiger partial charge in [0, 0.05) is 23.0 Å². The molecule has 24 heavy (non-hydrogen) atoms. The van der Waals surface area contributed by atoms with Crippen molar-refractivity contribution in [2.75, 3.05) is 0 Å². The number of hydrogen-bond donors (Lipinski definition) is 2. The maximum Gasteiger partial charge on any atom is 0.251 e. The number of amides is 1. The summed E-state index contributed by atoms with van der Waals surface area (Å²) in [5.74, 6) is 0.644. The van der Waals surface area contributed by atoms with Gasteiger partial charge in [0.05, 0.1) is 12.8 Å². The van der Waals surface area contributed by atoms with E-state index in [1.165, 1.54) is 4.88 Å². The SMILES string of the molecule is CC(NCc1cccc(C(=O)NCc2ccco2)c1)c1cccs1. The second kappa shape index (κ2) is 7.95. The van der Waals surface area contributed by atoms with Crippen molar-refractivity contribution in [3.05, 3.63) is 81.9 Å². The molecule has 5 heteroatoms. The fourth-order valence-electron chi connectivity index (χ4n) is 2.41. The van der Waals surface area contributed by atoms with E-state index in [0.29, 0.717) is 18.2 Å². The van der Waals surface area contributed by atoms with E-state index in [-0.39, 0.29) is 5.91 Å². The van der Waals surface area contributed by atoms with Crippen molar-refractivity contribution < 1.29 is 9.21 Å². The smallest absolute Gasteiger partial charge is 0.251 e. The van der Waals surface area contributed by atoms with E-state index in [1.807, 2.05) is 36.4 Å². The third-order valence-corrected chi connectivity index (χ3v) is 4.83. The lowest BCUT2D eigenvalue weighted by molar-refractivity contribution is 0.0948. The van der Waals surface area contributed by atoms with E-state index in [1.54, 1.807) is 17.6 Å². The molecule has 0 bridgehead atoms. The summed E-state index contributed by atoms with van der Waals surface area (Å²) in [5.41, 5.74) is 1.74. The number of thiophene rings is 1. The highest BCUT2D eigenvalue weighted by atomic mass is 32.1. The monoisotopic (exact) mass is 340 g/mol. The van der Waals surface area contributed by atoms with Gasteiger partial charge in [0.1, 0.15) is 5.76 Å². The van der Waals surface area contributed by atoms with Gasteiger partial charge in [0.25, 0.3) is 5.91 Å². The molecule has 2 N–H and O–H groups in total. The van der Waals surface area contributed by atoms with Crippen molar-refractivity contribution in [1.82, 2.24) is 10.6 Å². The minimum absolute atomic E-state index is 0.0976. The maximum atomic E-state index is 12.2. The van der Waals surface area contributed by atoms with Crippen LogP contribution in [0.25, 0.3) is 0 Å². The summed E-state index contributed by atoms with van der Waals surface area (Å²) in [6.07, 6.45) is 1.60. The number of carbonyl (C=O) groups is 1. The first kappa shape index (κ1) is 16.5. The summed E-state index contributed by atoms with van der Waals surface area (Å²) in [4.78, 5) is 13.6. The number of hydrogen-bond acceptors (Lipinski definition) is 4. The van der Waals surface area contributed by atoms with Gasteiger partial charge in [-0.3, -0.25) is 4.79 Å². The molecular formula is C19H20N2O2S. The van der Waals surface area contributed by atoms with Gasteiger partial charge in [0.15, 0.2) is 0 Å². The molecule has 1 amide bonds. The average Bonchev–Trinajstić information content (AvgIpc) is 3.31. The molecular weight excluding hydrogens is 320 g/mol. The second-order valence-corrected chi connectivity index (χ2v) is 6.56. The second-order valence-electron chi connectivity index (χ2n) is 5.58. The Morgan fingerprint density at radius 2 is 2.08 bits per heavy atom. The van der Waals surface area contributed by atoms with E-state index < -0.39 is 0 Å². The molecule has 4 nitrogen and oxygen atoms in total. The Morgan fingerprint density at radius 3 is 2.83 bits per heavy atom. The number of carbonyl (C=O) groups excluding carboxylic acids is 1. The van der Waals surface area contributed by atoms with Crippen LogP contribution in [0.3, 0.4) is 0 Å². The summed E-state index contributed by atoms with van der Waals surface area (Å²) in [5, 5.41) is 8.43. The minimum atomic E-state index is -0.0976. The highest BCUT2D eigenvalue weighted by Gasteiger charge is 2.09. The van der Waals surface area contributed by atoms with Gasteiger partial charge in [0.2, 0.25) is 0 Å². The minimum Gasteiger partial charge on any atom is -0.467 e. The normalized spacial score (nSPS) is 12.0. The van der Waals surface area contributed by atoms with Crippen LogP contribution in [-0.2, 0) is 13.1 Å². The topological polar surface area (TPSA) is 54.3 Å². The molecule has 0 saturated heterocycles. The molecule has 124 valence electrons. The van der Waals surface area contributed by atoms with Crippen LogP contribution in [0.2, 0.25) is 0 Å². The van der Waals surface area contributed by atoms with Crippen molar-refractivity contribution in [3.63, 3.8) is 0 Å². The van der Waals surface area contributed by atoms with Gasteiger partial charge < -0.3 is 15.1 Å². The Bertz CT molecular complexity index is 767. The van der Waals surface area contributed by atoms with Crippen LogP contribution in [0.15, 0.2) is 64.6 Å². The number of nitrogens with one attached hydrogen (secondary N) is 2. The van der Waals surface area contributed by atoms with E-state index in [2.05, 4.69) is 35.1 Å². The molecule has 2 heterocycles. The first-order valence-electron chi connectivity index (χ1n) is 7.88. The number of rotatable bonds is 7. The average molecular weight is 340 g/mol. The Kier molecular flexibility index (Phi) is 5.46. The quantitative estimate of drug-likeness (QED) is 0.680. The Morgan fingerprint density at radius 1 is 1.17 bits per heavy atom. The Balaban J connectivity index is 1.56. The van der Waals surface area contributed by atoms with E-state index in [4.69, 9.17) is 4.42 Å². The zero-order chi connectivity index (χ0) is 16.8. The molecule has 1 aromatic carbocycles. The lowest BCUT2D eigenvalue weighted by Gasteiger charge is -2.12. The van der Waals surface area contributed by atoms with Gasteiger partial charge in [-0.25, -0.2) is 0 Å². The Labute approximate surface area is 145 Å². The van der Waals surface area contributed by atoms with Crippen LogP contribution in [0.5, 0.6) is 0 Å². The van der Waals surface area contributed by atoms with Crippen LogP contribution in [0.1, 0.15) is 39.5 Å². The molecule has 0 saturated carbocycles. The molecule has 2 aromatic heterocycles. The molecule has 3 rings (SSSR count). The summed E-state index contributed by atoms with van der Waals surface area (Å²) >= 11 is 1.74. The summed E-state index contributed by atoms with van der Waals surface area (Å²) in [7, 11) is 0. The molecule has 0 spiro atoms. The predicted molar refractivity (Wildman–Crippen MR) is 95.9 cm³/mol. The highest BCUT2D eigenvalue weighted by molar-refractivity contribution is 7.10. The first-order valence-corrected chi connectivity index (χ1v) is 8.76. The van der Waals surface area contributed by atoms with Crippen LogP contribution < -0.4 is 10.6 Å². The fourth-order valence-corrected chi connectivity index (χ4v) is 3.17. The van der Waals surface area contributed by atoms with E-state index >= 15 is 0 Å². The third-order valence-electron chi connectivity index (χ3n) is 3.77. The predicted octanol–water partition coefficient (Wildman–Crippen LogP) is 4.12. The summed E-state index contributed by atoms with van der Waals surface area (Å²) in [6, 6.07) is 15.8. The first-order chi connectivity index (χ1) is 11.7. The number of furan rings is 1. The maximum absolute atomic E-state index is 12.2. The van der Waals surface area contributed by atoms with Crippen LogP contribution in [0, 0.1) is 0 Å². The molecule has 0 aliphatic rings. The van der Waals surface area contributed by atoms with Gasteiger partial charge in [-0.15, -0.1) is 11.3 Å². The van der Waals surface area contributed by atoms with Crippen LogP contribution in [0.4, 0.5) is 0 Å².